The number of amides is 2. The number of piperazine rings is 1. The molecular weight excluding hydrogens is 384 g/mol. The van der Waals surface area contributed by atoms with E-state index in [9.17, 15) is 18.0 Å². The lowest BCUT2D eigenvalue weighted by Gasteiger charge is -2.35. The van der Waals surface area contributed by atoms with Crippen LogP contribution in [0, 0.1) is 0 Å². The standard InChI is InChI=1S/C18H28N4O5S/c1-18(4-12-28(25,26)14-18)20-16(23)13-22-9-7-21(8-10-22)6-5-19-17(24)15-3-2-11-27-15/h2-3,11H,4-10,12-14H2,1H3,(H,19,24)(H,20,23). The van der Waals surface area contributed by atoms with Gasteiger partial charge in [-0.15, -0.1) is 0 Å². The van der Waals surface area contributed by atoms with Crippen LogP contribution in [-0.2, 0) is 14.6 Å². The third-order valence-corrected chi connectivity index (χ3v) is 7.14. The number of carbonyl (C=O) groups excluding carboxylic acids is 2. The summed E-state index contributed by atoms with van der Waals surface area (Å²) >= 11 is 0. The molecule has 3 rings (SSSR count). The normalized spacial score (nSPS) is 25.5. The fourth-order valence-electron chi connectivity index (χ4n) is 3.68. The van der Waals surface area contributed by atoms with Gasteiger partial charge in [0.1, 0.15) is 0 Å². The summed E-state index contributed by atoms with van der Waals surface area (Å²) in [6.45, 7) is 6.49. The Morgan fingerprint density at radius 1 is 1.21 bits per heavy atom. The SMILES string of the molecule is CC1(NC(=O)CN2CCN(CCNC(=O)c3ccco3)CC2)CCS(=O)(=O)C1. The molecule has 9 nitrogen and oxygen atoms in total. The second-order valence-corrected chi connectivity index (χ2v) is 9.99. The summed E-state index contributed by atoms with van der Waals surface area (Å²) in [4.78, 5) is 28.4. The average Bonchev–Trinajstić information content (AvgIpc) is 3.24. The number of furan rings is 1. The van der Waals surface area contributed by atoms with Crippen LogP contribution in [0.2, 0.25) is 0 Å². The van der Waals surface area contributed by atoms with E-state index in [1.807, 2.05) is 0 Å². The molecule has 1 aromatic rings. The molecule has 2 saturated heterocycles. The van der Waals surface area contributed by atoms with Crippen LogP contribution >= 0.6 is 0 Å². The Hall–Kier alpha value is -1.91. The first kappa shape index (κ1) is 20.8. The van der Waals surface area contributed by atoms with E-state index in [2.05, 4.69) is 20.4 Å². The predicted octanol–water partition coefficient (Wildman–Crippen LogP) is -0.680. The number of hydrogen-bond acceptors (Lipinski definition) is 7. The van der Waals surface area contributed by atoms with E-state index in [0.29, 0.717) is 18.7 Å². The molecule has 0 bridgehead atoms. The predicted molar refractivity (Wildman–Crippen MR) is 104 cm³/mol. The fourth-order valence-corrected chi connectivity index (χ4v) is 5.77. The van der Waals surface area contributed by atoms with Crippen molar-refractivity contribution in [3.63, 3.8) is 0 Å². The molecule has 1 aromatic heterocycles. The van der Waals surface area contributed by atoms with Crippen LogP contribution in [0.3, 0.4) is 0 Å². The smallest absolute Gasteiger partial charge is 0.287 e. The molecule has 1 atom stereocenters. The maximum Gasteiger partial charge on any atom is 0.287 e. The fraction of sp³-hybridized carbons (Fsp3) is 0.667. The summed E-state index contributed by atoms with van der Waals surface area (Å²) in [6, 6.07) is 3.30. The molecule has 3 heterocycles. The van der Waals surface area contributed by atoms with Crippen LogP contribution in [-0.4, -0.2) is 92.9 Å². The first-order chi connectivity index (χ1) is 13.2. The maximum atomic E-state index is 12.3. The van der Waals surface area contributed by atoms with Crippen LogP contribution in [0.25, 0.3) is 0 Å². The molecule has 2 amide bonds. The number of rotatable bonds is 7. The zero-order chi connectivity index (χ0) is 20.2. The molecule has 0 aliphatic carbocycles. The zero-order valence-electron chi connectivity index (χ0n) is 16.1. The molecule has 0 saturated carbocycles. The molecule has 2 N–H and O–H groups in total. The monoisotopic (exact) mass is 412 g/mol. The first-order valence-corrected chi connectivity index (χ1v) is 11.3. The summed E-state index contributed by atoms with van der Waals surface area (Å²) in [5.74, 6) is 0.114. The summed E-state index contributed by atoms with van der Waals surface area (Å²) in [5, 5.41) is 5.73. The minimum Gasteiger partial charge on any atom is -0.459 e. The van der Waals surface area contributed by atoms with Gasteiger partial charge in [0.25, 0.3) is 5.91 Å². The van der Waals surface area contributed by atoms with E-state index in [0.717, 1.165) is 32.7 Å². The van der Waals surface area contributed by atoms with Gasteiger partial charge in [-0.2, -0.15) is 0 Å². The molecule has 0 aromatic carbocycles. The summed E-state index contributed by atoms with van der Waals surface area (Å²) < 4.78 is 28.4. The van der Waals surface area contributed by atoms with E-state index in [1.165, 1.54) is 6.26 Å². The van der Waals surface area contributed by atoms with Gasteiger partial charge >= 0.3 is 0 Å². The minimum absolute atomic E-state index is 0.0171. The van der Waals surface area contributed by atoms with Gasteiger partial charge in [0.05, 0.1) is 29.9 Å². The van der Waals surface area contributed by atoms with Crippen molar-refractivity contribution in [1.82, 2.24) is 20.4 Å². The largest absolute Gasteiger partial charge is 0.459 e. The highest BCUT2D eigenvalue weighted by Crippen LogP contribution is 2.22. The Balaban J connectivity index is 1.33. The molecule has 2 aliphatic rings. The number of hydrogen-bond donors (Lipinski definition) is 2. The second kappa shape index (κ2) is 8.62. The highest BCUT2D eigenvalue weighted by atomic mass is 32.2. The number of nitrogens with one attached hydrogen (secondary N) is 2. The number of carbonyl (C=O) groups is 2. The van der Waals surface area contributed by atoms with Gasteiger partial charge in [-0.05, 0) is 25.5 Å². The summed E-state index contributed by atoms with van der Waals surface area (Å²) in [5.41, 5.74) is -0.649. The molecule has 10 heteroatoms. The topological polar surface area (TPSA) is 112 Å². The van der Waals surface area contributed by atoms with Crippen molar-refractivity contribution in [2.75, 3.05) is 57.3 Å². The van der Waals surface area contributed by atoms with E-state index in [-0.39, 0.29) is 29.9 Å². The van der Waals surface area contributed by atoms with Crippen molar-refractivity contribution in [2.24, 2.45) is 0 Å². The highest BCUT2D eigenvalue weighted by Gasteiger charge is 2.39. The number of nitrogens with zero attached hydrogens (tertiary/aromatic N) is 2. The summed E-state index contributed by atoms with van der Waals surface area (Å²) in [7, 11) is -3.04. The van der Waals surface area contributed by atoms with Crippen LogP contribution in [0.15, 0.2) is 22.8 Å². The lowest BCUT2D eigenvalue weighted by Crippen LogP contribution is -2.54. The van der Waals surface area contributed by atoms with Gasteiger partial charge in [0.2, 0.25) is 5.91 Å². The third kappa shape index (κ3) is 5.79. The van der Waals surface area contributed by atoms with Crippen molar-refractivity contribution >= 4 is 21.7 Å². The van der Waals surface area contributed by atoms with Gasteiger partial charge in [-0.1, -0.05) is 0 Å². The Morgan fingerprint density at radius 2 is 1.93 bits per heavy atom. The Kier molecular flexibility index (Phi) is 6.41. The van der Waals surface area contributed by atoms with Gasteiger partial charge in [-0.25, -0.2) is 8.42 Å². The van der Waals surface area contributed by atoms with E-state index in [4.69, 9.17) is 4.42 Å². The number of sulfone groups is 1. The average molecular weight is 413 g/mol. The van der Waals surface area contributed by atoms with Crippen molar-refractivity contribution in [3.8, 4) is 0 Å². The van der Waals surface area contributed by atoms with Crippen LogP contribution < -0.4 is 10.6 Å². The maximum absolute atomic E-state index is 12.3. The van der Waals surface area contributed by atoms with Crippen molar-refractivity contribution < 1.29 is 22.4 Å². The molecule has 28 heavy (non-hydrogen) atoms. The van der Waals surface area contributed by atoms with Crippen molar-refractivity contribution in [2.45, 2.75) is 18.9 Å². The Bertz CT molecular complexity index is 787. The molecular formula is C18H28N4O5S. The Labute approximate surface area is 165 Å². The van der Waals surface area contributed by atoms with Gasteiger partial charge in [-0.3, -0.25) is 19.4 Å². The molecule has 0 radical (unpaired) electrons. The Morgan fingerprint density at radius 3 is 2.54 bits per heavy atom. The third-order valence-electron chi connectivity index (χ3n) is 5.24. The molecule has 156 valence electrons. The summed E-state index contributed by atoms with van der Waals surface area (Å²) in [6.07, 6.45) is 1.94. The lowest BCUT2D eigenvalue weighted by atomic mass is 10.0. The van der Waals surface area contributed by atoms with Crippen LogP contribution in [0.4, 0.5) is 0 Å². The molecule has 2 aliphatic heterocycles. The van der Waals surface area contributed by atoms with Gasteiger partial charge in [0, 0.05) is 39.3 Å². The molecule has 2 fully saturated rings. The second-order valence-electron chi connectivity index (χ2n) is 7.80. The lowest BCUT2D eigenvalue weighted by molar-refractivity contribution is -0.124. The first-order valence-electron chi connectivity index (χ1n) is 9.53. The van der Waals surface area contributed by atoms with E-state index in [1.54, 1.807) is 19.1 Å². The van der Waals surface area contributed by atoms with E-state index >= 15 is 0 Å². The van der Waals surface area contributed by atoms with Crippen LogP contribution in [0.1, 0.15) is 23.9 Å². The van der Waals surface area contributed by atoms with Crippen molar-refractivity contribution in [1.29, 1.82) is 0 Å². The highest BCUT2D eigenvalue weighted by molar-refractivity contribution is 7.91. The molecule has 1 unspecified atom stereocenters. The quantitative estimate of drug-likeness (QED) is 0.610. The molecule has 0 spiro atoms. The zero-order valence-corrected chi connectivity index (χ0v) is 17.0. The minimum atomic E-state index is -3.04. The van der Waals surface area contributed by atoms with Gasteiger partial charge in [0.15, 0.2) is 15.6 Å². The van der Waals surface area contributed by atoms with Gasteiger partial charge < -0.3 is 15.1 Å². The van der Waals surface area contributed by atoms with E-state index < -0.39 is 15.4 Å². The van der Waals surface area contributed by atoms with Crippen molar-refractivity contribution in [3.05, 3.63) is 24.2 Å². The van der Waals surface area contributed by atoms with Crippen LogP contribution in [0.5, 0.6) is 0 Å².